The van der Waals surface area contributed by atoms with E-state index >= 15 is 0 Å². The Kier molecular flexibility index (Phi) is 6.79. The van der Waals surface area contributed by atoms with E-state index in [-0.39, 0.29) is 5.82 Å². The molecular weight excluding hydrogens is 385 g/mol. The molecule has 1 aliphatic heterocycles. The molecule has 3 rings (SSSR count). The average Bonchev–Trinajstić information content (AvgIpc) is 2.70. The molecule has 1 heterocycles. The Morgan fingerprint density at radius 2 is 1.70 bits per heavy atom. The zero-order valence-corrected chi connectivity index (χ0v) is 16.4. The van der Waals surface area contributed by atoms with Crippen LogP contribution >= 0.6 is 23.5 Å². The minimum atomic E-state index is -0.966. The number of nitrogens with one attached hydrogen (secondary N) is 1. The molecule has 1 N–H and O–H groups in total. The molecule has 0 aliphatic carbocycles. The molecule has 0 spiro atoms. The van der Waals surface area contributed by atoms with Crippen molar-refractivity contribution in [2.75, 3.05) is 16.8 Å². The van der Waals surface area contributed by atoms with E-state index in [2.05, 4.69) is 5.32 Å². The van der Waals surface area contributed by atoms with Gasteiger partial charge in [0, 0.05) is 5.69 Å². The number of esters is 1. The second kappa shape index (κ2) is 9.28. The summed E-state index contributed by atoms with van der Waals surface area (Å²) in [5.74, 6) is 0.902. The second-order valence-electron chi connectivity index (χ2n) is 6.09. The van der Waals surface area contributed by atoms with Gasteiger partial charge >= 0.3 is 5.97 Å². The highest BCUT2D eigenvalue weighted by atomic mass is 32.2. The fourth-order valence-corrected chi connectivity index (χ4v) is 5.41. The SMILES string of the molecule is C[C@@H](OC(=O)c1ccc(C2SCCCS2)cc1)C(=O)Nc1ccc(F)cc1. The van der Waals surface area contributed by atoms with Crippen LogP contribution in [0.5, 0.6) is 0 Å². The molecule has 2 aromatic rings. The van der Waals surface area contributed by atoms with Crippen LogP contribution in [-0.2, 0) is 9.53 Å². The fraction of sp³-hybridized carbons (Fsp3) is 0.300. The molecule has 27 heavy (non-hydrogen) atoms. The molecule has 142 valence electrons. The van der Waals surface area contributed by atoms with Crippen molar-refractivity contribution in [1.82, 2.24) is 0 Å². The third kappa shape index (κ3) is 5.49. The maximum absolute atomic E-state index is 12.9. The number of hydrogen-bond donors (Lipinski definition) is 1. The largest absolute Gasteiger partial charge is 0.449 e. The third-order valence-electron chi connectivity index (χ3n) is 4.01. The van der Waals surface area contributed by atoms with Crippen LogP contribution < -0.4 is 5.32 Å². The summed E-state index contributed by atoms with van der Waals surface area (Å²) in [6.07, 6.45) is 0.264. The minimum absolute atomic E-state index is 0.388. The number of benzene rings is 2. The topological polar surface area (TPSA) is 55.4 Å². The van der Waals surface area contributed by atoms with Gasteiger partial charge in [-0.1, -0.05) is 12.1 Å². The first kappa shape index (κ1) is 19.8. The first-order valence-corrected chi connectivity index (χ1v) is 10.7. The van der Waals surface area contributed by atoms with Gasteiger partial charge in [0.2, 0.25) is 0 Å². The van der Waals surface area contributed by atoms with E-state index in [1.54, 1.807) is 12.1 Å². The van der Waals surface area contributed by atoms with Crippen molar-refractivity contribution in [2.45, 2.75) is 24.0 Å². The number of hydrogen-bond acceptors (Lipinski definition) is 5. The van der Waals surface area contributed by atoms with Gasteiger partial charge in [0.1, 0.15) is 5.82 Å². The molecule has 7 heteroatoms. The van der Waals surface area contributed by atoms with Gasteiger partial charge in [0.05, 0.1) is 10.1 Å². The molecule has 4 nitrogen and oxygen atoms in total. The number of rotatable bonds is 5. The van der Waals surface area contributed by atoms with Crippen molar-refractivity contribution in [1.29, 1.82) is 0 Å². The molecular formula is C20H20FNO3S2. The molecule has 1 saturated heterocycles. The highest BCUT2D eigenvalue weighted by Crippen LogP contribution is 2.43. The van der Waals surface area contributed by atoms with Crippen LogP contribution in [0.2, 0.25) is 0 Å². The standard InChI is InChI=1S/C20H20FNO3S2/c1-13(18(23)22-17-9-7-16(21)8-10-17)25-19(24)14-3-5-15(6-4-14)20-26-11-2-12-27-20/h3-10,13,20H,2,11-12H2,1H3,(H,22,23)/t13-/m1/s1. The van der Waals surface area contributed by atoms with Gasteiger partial charge in [-0.2, -0.15) is 0 Å². The van der Waals surface area contributed by atoms with Crippen LogP contribution in [0, 0.1) is 5.82 Å². The van der Waals surface area contributed by atoms with Crippen molar-refractivity contribution in [3.05, 3.63) is 65.5 Å². The van der Waals surface area contributed by atoms with E-state index in [0.717, 1.165) is 11.5 Å². The molecule has 1 fully saturated rings. The Hall–Kier alpha value is -1.99. The van der Waals surface area contributed by atoms with E-state index in [1.807, 2.05) is 35.7 Å². The molecule has 0 aromatic heterocycles. The Labute approximate surface area is 166 Å². The summed E-state index contributed by atoms with van der Waals surface area (Å²) in [7, 11) is 0. The Balaban J connectivity index is 1.55. The normalized spacial score (nSPS) is 15.8. The molecule has 1 atom stereocenters. The lowest BCUT2D eigenvalue weighted by molar-refractivity contribution is -0.123. The van der Waals surface area contributed by atoms with Crippen LogP contribution in [0.4, 0.5) is 10.1 Å². The monoisotopic (exact) mass is 405 g/mol. The highest BCUT2D eigenvalue weighted by molar-refractivity contribution is 8.16. The molecule has 2 aromatic carbocycles. The maximum atomic E-state index is 12.9. The third-order valence-corrected chi connectivity index (χ3v) is 7.03. The first-order chi connectivity index (χ1) is 13.0. The van der Waals surface area contributed by atoms with Crippen LogP contribution in [0.3, 0.4) is 0 Å². The number of amides is 1. The number of carbonyl (C=O) groups is 2. The van der Waals surface area contributed by atoms with Gasteiger partial charge in [-0.25, -0.2) is 9.18 Å². The van der Waals surface area contributed by atoms with E-state index in [1.165, 1.54) is 43.2 Å². The summed E-state index contributed by atoms with van der Waals surface area (Å²) < 4.78 is 18.6. The Morgan fingerprint density at radius 3 is 2.33 bits per heavy atom. The van der Waals surface area contributed by atoms with Gasteiger partial charge in [-0.3, -0.25) is 4.79 Å². The molecule has 0 radical (unpaired) electrons. The second-order valence-corrected chi connectivity index (χ2v) is 8.82. The van der Waals surface area contributed by atoms with Gasteiger partial charge in [-0.15, -0.1) is 23.5 Å². The van der Waals surface area contributed by atoms with Crippen LogP contribution in [0.25, 0.3) is 0 Å². The number of ether oxygens (including phenoxy) is 1. The van der Waals surface area contributed by atoms with Gasteiger partial charge in [0.25, 0.3) is 5.91 Å². The van der Waals surface area contributed by atoms with Crippen molar-refractivity contribution >= 4 is 41.1 Å². The van der Waals surface area contributed by atoms with Crippen LogP contribution in [0.15, 0.2) is 48.5 Å². The maximum Gasteiger partial charge on any atom is 0.338 e. The summed E-state index contributed by atoms with van der Waals surface area (Å²) in [6, 6.07) is 12.7. The summed E-state index contributed by atoms with van der Waals surface area (Å²) in [5, 5.41) is 2.59. The molecule has 1 amide bonds. The van der Waals surface area contributed by atoms with E-state index < -0.39 is 18.0 Å². The Bertz CT molecular complexity index is 790. The van der Waals surface area contributed by atoms with Crippen molar-refractivity contribution in [3.63, 3.8) is 0 Å². The fourth-order valence-electron chi connectivity index (χ4n) is 2.52. The molecule has 0 saturated carbocycles. The lowest BCUT2D eigenvalue weighted by Gasteiger charge is -2.21. The van der Waals surface area contributed by atoms with E-state index in [0.29, 0.717) is 15.8 Å². The molecule has 1 aliphatic rings. The summed E-state index contributed by atoms with van der Waals surface area (Å²) in [5.41, 5.74) is 2.03. The molecule has 0 bridgehead atoms. The van der Waals surface area contributed by atoms with Crippen molar-refractivity contribution in [3.8, 4) is 0 Å². The number of thioether (sulfide) groups is 2. The lowest BCUT2D eigenvalue weighted by Crippen LogP contribution is -2.30. The van der Waals surface area contributed by atoms with Crippen LogP contribution in [-0.4, -0.2) is 29.5 Å². The first-order valence-electron chi connectivity index (χ1n) is 8.63. The number of anilines is 1. The average molecular weight is 406 g/mol. The van der Waals surface area contributed by atoms with E-state index in [9.17, 15) is 14.0 Å². The predicted molar refractivity (Wildman–Crippen MR) is 109 cm³/mol. The summed E-state index contributed by atoms with van der Waals surface area (Å²) in [6.45, 7) is 1.50. The Morgan fingerprint density at radius 1 is 1.07 bits per heavy atom. The van der Waals surface area contributed by atoms with Gasteiger partial charge < -0.3 is 10.1 Å². The van der Waals surface area contributed by atoms with Crippen molar-refractivity contribution in [2.24, 2.45) is 0 Å². The zero-order valence-electron chi connectivity index (χ0n) is 14.8. The molecule has 0 unspecified atom stereocenters. The summed E-state index contributed by atoms with van der Waals surface area (Å²) >= 11 is 3.83. The van der Waals surface area contributed by atoms with E-state index in [4.69, 9.17) is 4.74 Å². The number of carbonyl (C=O) groups excluding carboxylic acids is 2. The smallest absolute Gasteiger partial charge is 0.338 e. The lowest BCUT2D eigenvalue weighted by atomic mass is 10.1. The quantitative estimate of drug-likeness (QED) is 0.719. The van der Waals surface area contributed by atoms with Crippen LogP contribution in [0.1, 0.15) is 33.8 Å². The minimum Gasteiger partial charge on any atom is -0.449 e. The highest BCUT2D eigenvalue weighted by Gasteiger charge is 2.20. The zero-order chi connectivity index (χ0) is 19.2. The van der Waals surface area contributed by atoms with Gasteiger partial charge in [0.15, 0.2) is 6.10 Å². The number of halogens is 1. The van der Waals surface area contributed by atoms with Gasteiger partial charge in [-0.05, 0) is 66.8 Å². The summed E-state index contributed by atoms with van der Waals surface area (Å²) in [4.78, 5) is 24.4. The van der Waals surface area contributed by atoms with Crippen molar-refractivity contribution < 1.29 is 18.7 Å². The predicted octanol–water partition coefficient (Wildman–Crippen LogP) is 4.88.